The number of amides is 1. The van der Waals surface area contributed by atoms with E-state index in [2.05, 4.69) is 6.92 Å². The highest BCUT2D eigenvalue weighted by atomic mass is 16.5. The predicted molar refractivity (Wildman–Crippen MR) is 144 cm³/mol. The van der Waals surface area contributed by atoms with Crippen LogP contribution in [0.5, 0.6) is 5.75 Å². The number of aromatic nitrogens is 2. The summed E-state index contributed by atoms with van der Waals surface area (Å²) < 4.78 is 7.24. The van der Waals surface area contributed by atoms with Crippen LogP contribution in [0.1, 0.15) is 60.5 Å². The zero-order valence-corrected chi connectivity index (χ0v) is 21.6. The highest BCUT2D eigenvalue weighted by Gasteiger charge is 2.28. The summed E-state index contributed by atoms with van der Waals surface area (Å²) in [6, 6.07) is 20.3. The number of benzene rings is 3. The first-order valence-corrected chi connectivity index (χ1v) is 12.5. The van der Waals surface area contributed by atoms with Crippen molar-refractivity contribution in [1.29, 1.82) is 0 Å². The second-order valence-electron chi connectivity index (χ2n) is 9.03. The fourth-order valence-electron chi connectivity index (χ4n) is 4.54. The van der Waals surface area contributed by atoms with Crippen LogP contribution in [0.2, 0.25) is 0 Å². The minimum absolute atomic E-state index is 0.0860. The second-order valence-corrected chi connectivity index (χ2v) is 9.03. The first-order valence-electron chi connectivity index (χ1n) is 12.5. The minimum atomic E-state index is -0.467. The molecule has 0 aliphatic carbocycles. The van der Waals surface area contributed by atoms with E-state index in [-0.39, 0.29) is 11.5 Å². The fraction of sp³-hybridized carbons (Fsp3) is 0.300. The maximum atomic E-state index is 13.9. The Labute approximate surface area is 212 Å². The Balaban J connectivity index is 1.93. The Morgan fingerprint density at radius 2 is 1.78 bits per heavy atom. The molecular weight excluding hydrogens is 450 g/mol. The Morgan fingerprint density at radius 1 is 1.06 bits per heavy atom. The molecule has 6 heteroatoms. The van der Waals surface area contributed by atoms with Gasteiger partial charge in [0.1, 0.15) is 11.6 Å². The summed E-state index contributed by atoms with van der Waals surface area (Å²) in [6.07, 6.45) is 1.68. The molecule has 0 aliphatic heterocycles. The van der Waals surface area contributed by atoms with E-state index in [0.717, 1.165) is 18.4 Å². The van der Waals surface area contributed by atoms with Crippen molar-refractivity contribution in [1.82, 2.24) is 14.5 Å². The van der Waals surface area contributed by atoms with Gasteiger partial charge in [-0.2, -0.15) is 0 Å². The van der Waals surface area contributed by atoms with Crippen LogP contribution < -0.4 is 10.3 Å². The first-order chi connectivity index (χ1) is 17.4. The summed E-state index contributed by atoms with van der Waals surface area (Å²) >= 11 is 0. The fourth-order valence-corrected chi connectivity index (χ4v) is 4.54. The van der Waals surface area contributed by atoms with Crippen molar-refractivity contribution in [3.8, 4) is 11.4 Å². The molecule has 36 heavy (non-hydrogen) atoms. The molecule has 0 spiro atoms. The molecule has 1 heterocycles. The Kier molecular flexibility index (Phi) is 7.53. The lowest BCUT2D eigenvalue weighted by Crippen LogP contribution is -2.38. The summed E-state index contributed by atoms with van der Waals surface area (Å²) in [4.78, 5) is 34.3. The van der Waals surface area contributed by atoms with Gasteiger partial charge in [-0.1, -0.05) is 44.2 Å². The number of hydrogen-bond donors (Lipinski definition) is 0. The van der Waals surface area contributed by atoms with E-state index in [4.69, 9.17) is 9.72 Å². The van der Waals surface area contributed by atoms with Gasteiger partial charge in [0.25, 0.3) is 11.5 Å². The van der Waals surface area contributed by atoms with Gasteiger partial charge in [0.05, 0.1) is 29.7 Å². The number of rotatable bonds is 8. The van der Waals surface area contributed by atoms with Crippen molar-refractivity contribution in [2.24, 2.45) is 0 Å². The van der Waals surface area contributed by atoms with Gasteiger partial charge in [0, 0.05) is 12.1 Å². The van der Waals surface area contributed by atoms with Crippen LogP contribution >= 0.6 is 0 Å². The van der Waals surface area contributed by atoms with Crippen LogP contribution in [-0.2, 0) is 6.42 Å². The molecule has 0 fully saturated rings. The maximum absolute atomic E-state index is 13.9. The van der Waals surface area contributed by atoms with Crippen molar-refractivity contribution < 1.29 is 9.53 Å². The molecule has 1 aromatic heterocycles. The predicted octanol–water partition coefficient (Wildman–Crippen LogP) is 5.88. The van der Waals surface area contributed by atoms with E-state index in [9.17, 15) is 9.59 Å². The summed E-state index contributed by atoms with van der Waals surface area (Å²) in [5.74, 6) is 0.975. The molecular formula is C30H33N3O3. The van der Waals surface area contributed by atoms with Crippen LogP contribution in [0, 0.1) is 6.92 Å². The van der Waals surface area contributed by atoms with Crippen LogP contribution in [0.25, 0.3) is 16.6 Å². The van der Waals surface area contributed by atoms with Crippen LogP contribution in [0.3, 0.4) is 0 Å². The third-order valence-corrected chi connectivity index (χ3v) is 6.55. The Hall–Kier alpha value is -3.93. The highest BCUT2D eigenvalue weighted by Crippen LogP contribution is 2.29. The van der Waals surface area contributed by atoms with E-state index in [1.54, 1.807) is 22.6 Å². The van der Waals surface area contributed by atoms with Gasteiger partial charge in [-0.25, -0.2) is 4.98 Å². The van der Waals surface area contributed by atoms with E-state index < -0.39 is 6.04 Å². The number of hydrogen-bond acceptors (Lipinski definition) is 4. The summed E-state index contributed by atoms with van der Waals surface area (Å²) in [7, 11) is 1.59. The average Bonchev–Trinajstić information content (AvgIpc) is 2.91. The van der Waals surface area contributed by atoms with Gasteiger partial charge >= 0.3 is 0 Å². The molecule has 4 aromatic rings. The van der Waals surface area contributed by atoms with Crippen molar-refractivity contribution >= 4 is 16.8 Å². The molecule has 0 saturated carbocycles. The van der Waals surface area contributed by atoms with E-state index in [1.807, 2.05) is 81.4 Å². The van der Waals surface area contributed by atoms with Crippen LogP contribution in [0.4, 0.5) is 0 Å². The summed E-state index contributed by atoms with van der Waals surface area (Å²) in [5.41, 5.74) is 3.81. The molecule has 0 aliphatic rings. The van der Waals surface area contributed by atoms with Gasteiger partial charge < -0.3 is 9.64 Å². The molecule has 1 amide bonds. The number of carbonyl (C=O) groups is 1. The smallest absolute Gasteiger partial charge is 0.266 e. The van der Waals surface area contributed by atoms with Crippen molar-refractivity contribution in [3.05, 3.63) is 99.6 Å². The molecule has 0 saturated heterocycles. The van der Waals surface area contributed by atoms with Crippen molar-refractivity contribution in [2.45, 2.75) is 46.6 Å². The molecule has 3 aromatic carbocycles. The van der Waals surface area contributed by atoms with E-state index >= 15 is 0 Å². The molecule has 0 N–H and O–H groups in total. The van der Waals surface area contributed by atoms with Gasteiger partial charge in [-0.3, -0.25) is 14.2 Å². The minimum Gasteiger partial charge on any atom is -0.495 e. The second kappa shape index (κ2) is 10.8. The Morgan fingerprint density at radius 3 is 2.44 bits per heavy atom. The van der Waals surface area contributed by atoms with Gasteiger partial charge in [-0.15, -0.1) is 0 Å². The molecule has 1 atom stereocenters. The monoisotopic (exact) mass is 483 g/mol. The lowest BCUT2D eigenvalue weighted by molar-refractivity contribution is 0.0681. The van der Waals surface area contributed by atoms with Crippen molar-refractivity contribution in [3.63, 3.8) is 0 Å². The number of nitrogens with zero attached hydrogens (tertiary/aromatic N) is 3. The highest BCUT2D eigenvalue weighted by molar-refractivity contribution is 5.94. The van der Waals surface area contributed by atoms with E-state index in [1.165, 1.54) is 5.56 Å². The van der Waals surface area contributed by atoms with Gasteiger partial charge in [0.15, 0.2) is 0 Å². The number of methoxy groups -OCH3 is 1. The SMILES string of the molecule is CCCN(C(=O)c1ccc(CC)cc1)C(C)c1nc2ccccc2c(=O)n1-c1cc(C)ccc1OC. The summed E-state index contributed by atoms with van der Waals surface area (Å²) in [5, 5.41) is 0.514. The van der Waals surface area contributed by atoms with E-state index in [0.29, 0.717) is 40.3 Å². The van der Waals surface area contributed by atoms with Crippen LogP contribution in [0.15, 0.2) is 71.5 Å². The zero-order valence-electron chi connectivity index (χ0n) is 21.6. The number of para-hydroxylation sites is 1. The molecule has 0 bridgehead atoms. The van der Waals surface area contributed by atoms with Gasteiger partial charge in [0.2, 0.25) is 0 Å². The lowest BCUT2D eigenvalue weighted by Gasteiger charge is -2.30. The standard InChI is InChI=1S/C30H33N3O3/c1-6-18-32(29(34)23-15-13-22(7-2)14-16-23)21(4)28-31-25-11-9-8-10-24(25)30(35)33(28)26-19-20(3)12-17-27(26)36-5/h8-17,19,21H,6-7,18H2,1-5H3. The number of aryl methyl sites for hydroxylation is 2. The third kappa shape index (κ3) is 4.76. The average molecular weight is 484 g/mol. The largest absolute Gasteiger partial charge is 0.495 e. The number of carbonyl (C=O) groups excluding carboxylic acids is 1. The molecule has 186 valence electrons. The Bertz CT molecular complexity index is 1440. The number of fused-ring (bicyclic) bond motifs is 1. The quantitative estimate of drug-likeness (QED) is 0.314. The molecule has 6 nitrogen and oxygen atoms in total. The summed E-state index contributed by atoms with van der Waals surface area (Å²) in [6.45, 7) is 8.56. The number of ether oxygens (including phenoxy) is 1. The molecule has 4 rings (SSSR count). The maximum Gasteiger partial charge on any atom is 0.266 e. The first kappa shape index (κ1) is 25.2. The van der Waals surface area contributed by atoms with Gasteiger partial charge in [-0.05, 0) is 74.2 Å². The van der Waals surface area contributed by atoms with Crippen LogP contribution in [-0.4, -0.2) is 34.0 Å². The lowest BCUT2D eigenvalue weighted by atomic mass is 10.1. The molecule has 1 unspecified atom stereocenters. The topological polar surface area (TPSA) is 64.4 Å². The third-order valence-electron chi connectivity index (χ3n) is 6.55. The normalized spacial score (nSPS) is 11.9. The zero-order chi connectivity index (χ0) is 25.8. The molecule has 0 radical (unpaired) electrons. The van der Waals surface area contributed by atoms with Crippen molar-refractivity contribution in [2.75, 3.05) is 13.7 Å².